The summed E-state index contributed by atoms with van der Waals surface area (Å²) in [6, 6.07) is 0.445. The van der Waals surface area contributed by atoms with E-state index in [1.807, 2.05) is 30.8 Å². The second kappa shape index (κ2) is 6.76. The summed E-state index contributed by atoms with van der Waals surface area (Å²) >= 11 is 5.33. The maximum absolute atomic E-state index is 12.2. The maximum Gasteiger partial charge on any atom is 0.283 e. The van der Waals surface area contributed by atoms with Gasteiger partial charge >= 0.3 is 0 Å². The number of nitrogens with zero attached hydrogens (tertiary/aromatic N) is 3. The Hall–Kier alpha value is -0.530. The van der Waals surface area contributed by atoms with Crippen molar-refractivity contribution in [2.24, 2.45) is 0 Å². The molecular formula is C12H19BrN4OS. The van der Waals surface area contributed by atoms with Gasteiger partial charge in [0, 0.05) is 18.3 Å². The first kappa shape index (κ1) is 14.9. The molecule has 2 rings (SSSR count). The Morgan fingerprint density at radius 2 is 2.42 bits per heavy atom. The fourth-order valence-corrected chi connectivity index (χ4v) is 3.46. The lowest BCUT2D eigenvalue weighted by Crippen LogP contribution is -2.30. The number of thioether (sulfide) groups is 1. The van der Waals surface area contributed by atoms with Crippen LogP contribution in [0.4, 0.5) is 5.69 Å². The van der Waals surface area contributed by atoms with E-state index in [2.05, 4.69) is 26.3 Å². The van der Waals surface area contributed by atoms with Crippen molar-refractivity contribution in [2.45, 2.75) is 19.0 Å². The highest BCUT2D eigenvalue weighted by Gasteiger charge is 2.17. The molecule has 106 valence electrons. The van der Waals surface area contributed by atoms with Crippen LogP contribution in [0, 0.1) is 0 Å². The Balaban J connectivity index is 2.10. The molecule has 1 aliphatic rings. The van der Waals surface area contributed by atoms with E-state index in [0.717, 1.165) is 24.4 Å². The van der Waals surface area contributed by atoms with Crippen LogP contribution in [0.2, 0.25) is 0 Å². The van der Waals surface area contributed by atoms with Gasteiger partial charge in [-0.15, -0.1) is 0 Å². The molecule has 1 unspecified atom stereocenters. The third kappa shape index (κ3) is 3.97. The molecule has 1 fully saturated rings. The average Bonchev–Trinajstić information content (AvgIpc) is 2.87. The lowest BCUT2D eigenvalue weighted by molar-refractivity contribution is 0.367. The Morgan fingerprint density at radius 3 is 3.05 bits per heavy atom. The molecule has 0 radical (unpaired) electrons. The lowest BCUT2D eigenvalue weighted by atomic mass is 10.2. The maximum atomic E-state index is 12.2. The number of halogens is 1. The van der Waals surface area contributed by atoms with Gasteiger partial charge in [0.05, 0.1) is 18.4 Å². The topological polar surface area (TPSA) is 50.2 Å². The normalized spacial score (nSPS) is 19.1. The van der Waals surface area contributed by atoms with E-state index in [1.54, 1.807) is 6.20 Å². The third-order valence-corrected chi connectivity index (χ3v) is 4.96. The average molecular weight is 347 g/mol. The standard InChI is InChI=1S/C12H19BrN4OS/c1-16(2)4-5-17-12(18)11(13)10(7-14-17)15-9-3-6-19-8-9/h7,9,15H,3-6,8H2,1-2H3. The van der Waals surface area contributed by atoms with Crippen molar-refractivity contribution in [2.75, 3.05) is 37.5 Å². The van der Waals surface area contributed by atoms with E-state index in [1.165, 1.54) is 10.4 Å². The van der Waals surface area contributed by atoms with E-state index < -0.39 is 0 Å². The van der Waals surface area contributed by atoms with E-state index in [9.17, 15) is 4.79 Å². The molecule has 1 aromatic heterocycles. The third-order valence-electron chi connectivity index (χ3n) is 3.03. The molecule has 1 saturated heterocycles. The zero-order valence-electron chi connectivity index (χ0n) is 11.2. The number of anilines is 1. The monoisotopic (exact) mass is 346 g/mol. The van der Waals surface area contributed by atoms with Crippen molar-refractivity contribution < 1.29 is 0 Å². The summed E-state index contributed by atoms with van der Waals surface area (Å²) < 4.78 is 2.08. The second-order valence-electron chi connectivity index (χ2n) is 4.91. The van der Waals surface area contributed by atoms with Crippen LogP contribution >= 0.6 is 27.7 Å². The molecule has 2 heterocycles. The van der Waals surface area contributed by atoms with Gasteiger partial charge in [-0.2, -0.15) is 16.9 Å². The molecule has 1 aromatic rings. The molecule has 0 saturated carbocycles. The molecule has 1 atom stereocenters. The van der Waals surface area contributed by atoms with Crippen LogP contribution in [0.1, 0.15) is 6.42 Å². The Kier molecular flexibility index (Phi) is 5.29. The van der Waals surface area contributed by atoms with Crippen molar-refractivity contribution in [3.8, 4) is 0 Å². The zero-order valence-corrected chi connectivity index (χ0v) is 13.6. The first-order chi connectivity index (χ1) is 9.08. The molecule has 19 heavy (non-hydrogen) atoms. The van der Waals surface area contributed by atoms with Crippen molar-refractivity contribution in [1.82, 2.24) is 14.7 Å². The summed E-state index contributed by atoms with van der Waals surface area (Å²) in [5, 5.41) is 7.62. The van der Waals surface area contributed by atoms with Crippen molar-refractivity contribution >= 4 is 33.4 Å². The van der Waals surface area contributed by atoms with E-state index >= 15 is 0 Å². The molecule has 0 spiro atoms. The predicted molar refractivity (Wildman–Crippen MR) is 84.1 cm³/mol. The largest absolute Gasteiger partial charge is 0.379 e. The van der Waals surface area contributed by atoms with E-state index in [-0.39, 0.29) is 5.56 Å². The van der Waals surface area contributed by atoms with Crippen molar-refractivity contribution in [3.05, 3.63) is 21.0 Å². The number of hydrogen-bond acceptors (Lipinski definition) is 5. The van der Waals surface area contributed by atoms with Crippen molar-refractivity contribution in [3.63, 3.8) is 0 Å². The van der Waals surface area contributed by atoms with E-state index in [4.69, 9.17) is 0 Å². The Bertz CT molecular complexity index is 485. The van der Waals surface area contributed by atoms with Gasteiger partial charge in [-0.3, -0.25) is 4.79 Å². The SMILES string of the molecule is CN(C)CCn1ncc(NC2CCSC2)c(Br)c1=O. The van der Waals surface area contributed by atoms with Gasteiger partial charge in [-0.25, -0.2) is 4.68 Å². The fourth-order valence-electron chi connectivity index (χ4n) is 1.89. The molecule has 7 heteroatoms. The number of nitrogens with one attached hydrogen (secondary N) is 1. The molecule has 1 aliphatic heterocycles. The van der Waals surface area contributed by atoms with Gasteiger partial charge in [0.2, 0.25) is 0 Å². The Morgan fingerprint density at radius 1 is 1.63 bits per heavy atom. The highest BCUT2D eigenvalue weighted by Crippen LogP contribution is 2.23. The molecule has 5 nitrogen and oxygen atoms in total. The minimum atomic E-state index is -0.0718. The minimum absolute atomic E-state index is 0.0718. The smallest absolute Gasteiger partial charge is 0.283 e. The first-order valence-corrected chi connectivity index (χ1v) is 8.27. The summed E-state index contributed by atoms with van der Waals surface area (Å²) in [6.45, 7) is 1.40. The van der Waals surface area contributed by atoms with Crippen LogP contribution in [0.5, 0.6) is 0 Å². The predicted octanol–water partition coefficient (Wildman–Crippen LogP) is 1.48. The van der Waals surface area contributed by atoms with Crippen LogP contribution in [0.15, 0.2) is 15.5 Å². The quantitative estimate of drug-likeness (QED) is 0.875. The number of hydrogen-bond donors (Lipinski definition) is 1. The molecular weight excluding hydrogens is 328 g/mol. The highest BCUT2D eigenvalue weighted by molar-refractivity contribution is 9.10. The fraction of sp³-hybridized carbons (Fsp3) is 0.667. The first-order valence-electron chi connectivity index (χ1n) is 6.32. The number of rotatable bonds is 5. The van der Waals surface area contributed by atoms with Crippen LogP contribution in [-0.4, -0.2) is 52.9 Å². The lowest BCUT2D eigenvalue weighted by Gasteiger charge is -2.15. The molecule has 0 aliphatic carbocycles. The van der Waals surface area contributed by atoms with Crippen LogP contribution in [0.3, 0.4) is 0 Å². The van der Waals surface area contributed by atoms with Gasteiger partial charge in [0.15, 0.2) is 0 Å². The van der Waals surface area contributed by atoms with Gasteiger partial charge in [0.1, 0.15) is 4.47 Å². The highest BCUT2D eigenvalue weighted by atomic mass is 79.9. The Labute approximate surface area is 125 Å². The van der Waals surface area contributed by atoms with Crippen molar-refractivity contribution in [1.29, 1.82) is 0 Å². The molecule has 0 bridgehead atoms. The minimum Gasteiger partial charge on any atom is -0.379 e. The van der Waals surface area contributed by atoms with Gasteiger partial charge < -0.3 is 10.2 Å². The molecule has 0 aromatic carbocycles. The summed E-state index contributed by atoms with van der Waals surface area (Å²) in [6.07, 6.45) is 2.88. The van der Waals surface area contributed by atoms with Crippen LogP contribution in [0.25, 0.3) is 0 Å². The summed E-state index contributed by atoms with van der Waals surface area (Å²) in [5.41, 5.74) is 0.733. The van der Waals surface area contributed by atoms with Gasteiger partial charge in [0.25, 0.3) is 5.56 Å². The van der Waals surface area contributed by atoms with Crippen LogP contribution < -0.4 is 10.9 Å². The number of aromatic nitrogens is 2. The summed E-state index contributed by atoms with van der Waals surface area (Å²) in [7, 11) is 3.96. The second-order valence-corrected chi connectivity index (χ2v) is 6.85. The summed E-state index contributed by atoms with van der Waals surface area (Å²) in [4.78, 5) is 14.2. The summed E-state index contributed by atoms with van der Waals surface area (Å²) in [5.74, 6) is 2.28. The van der Waals surface area contributed by atoms with E-state index in [0.29, 0.717) is 17.1 Å². The van der Waals surface area contributed by atoms with Gasteiger partial charge in [-0.05, 0) is 42.2 Å². The molecule has 0 amide bonds. The number of likely N-dealkylation sites (N-methyl/N-ethyl adjacent to an activating group) is 1. The van der Waals surface area contributed by atoms with Gasteiger partial charge in [-0.1, -0.05) is 0 Å². The molecule has 1 N–H and O–H groups in total. The van der Waals surface area contributed by atoms with Crippen LogP contribution in [-0.2, 0) is 6.54 Å². The zero-order chi connectivity index (χ0) is 13.8.